The van der Waals surface area contributed by atoms with Crippen LogP contribution in [0.25, 0.3) is 22.6 Å². The maximum absolute atomic E-state index is 6.54. The summed E-state index contributed by atoms with van der Waals surface area (Å²) >= 11 is 12.3. The molecule has 0 aliphatic rings. The molecule has 32 heavy (non-hydrogen) atoms. The van der Waals surface area contributed by atoms with E-state index in [0.717, 1.165) is 33.8 Å². The van der Waals surface area contributed by atoms with Gasteiger partial charge in [-0.15, -0.1) is 0 Å². The Hall–Kier alpha value is -3.13. The van der Waals surface area contributed by atoms with Crippen LogP contribution in [-0.2, 0) is 6.54 Å². The van der Waals surface area contributed by atoms with E-state index in [1.807, 2.05) is 85.5 Å². The molecule has 4 rings (SSSR count). The fourth-order valence-corrected chi connectivity index (χ4v) is 3.81. The third-order valence-corrected chi connectivity index (χ3v) is 5.50. The maximum Gasteiger partial charge on any atom is 0.239 e. The molecule has 0 aliphatic heterocycles. The highest BCUT2D eigenvalue weighted by Crippen LogP contribution is 2.29. The van der Waals surface area contributed by atoms with Crippen LogP contribution in [0.1, 0.15) is 11.3 Å². The van der Waals surface area contributed by atoms with Gasteiger partial charge in [-0.2, -0.15) is 0 Å². The van der Waals surface area contributed by atoms with Crippen molar-refractivity contribution in [2.45, 2.75) is 13.4 Å². The fourth-order valence-electron chi connectivity index (χ4n) is 3.51. The summed E-state index contributed by atoms with van der Waals surface area (Å²) in [6.45, 7) is 2.35. The number of rotatable bonds is 7. The zero-order valence-electron chi connectivity index (χ0n) is 17.5. The number of hydrazine groups is 1. The molecule has 4 aromatic rings. The molecule has 0 bridgehead atoms. The number of halogens is 2. The van der Waals surface area contributed by atoms with E-state index < -0.39 is 0 Å². The van der Waals surface area contributed by atoms with E-state index in [-0.39, 0.29) is 0 Å². The molecule has 0 aliphatic carbocycles. The van der Waals surface area contributed by atoms with Crippen LogP contribution < -0.4 is 16.8 Å². The first-order valence-corrected chi connectivity index (χ1v) is 10.8. The van der Waals surface area contributed by atoms with Gasteiger partial charge in [-0.3, -0.25) is 4.40 Å². The van der Waals surface area contributed by atoms with Crippen molar-refractivity contribution in [1.29, 1.82) is 0 Å². The second-order valence-corrected chi connectivity index (χ2v) is 8.09. The van der Waals surface area contributed by atoms with Gasteiger partial charge in [0.1, 0.15) is 5.65 Å². The van der Waals surface area contributed by atoms with Gasteiger partial charge >= 0.3 is 0 Å². The average molecular weight is 464 g/mol. The van der Waals surface area contributed by atoms with Gasteiger partial charge in [0, 0.05) is 28.7 Å². The number of anilines is 1. The minimum Gasteiger partial charge on any atom is -0.431 e. The lowest BCUT2D eigenvalue weighted by atomic mass is 9.99. The summed E-state index contributed by atoms with van der Waals surface area (Å²) in [6, 6.07) is 19.1. The van der Waals surface area contributed by atoms with Gasteiger partial charge in [-0.25, -0.2) is 10.8 Å². The van der Waals surface area contributed by atoms with E-state index in [2.05, 4.69) is 5.23 Å². The standard InChI is InChI=1S/C23H22BCl2N6/c1-24-30-20-12-15(5-10-18(20)26)13-31(28)14-19(27)23-22(16-6-8-17(25)9-7-16)29-21-4-2-3-11-32(21)23/h2-12,14,30H,13,27-28H2,1H3/b19-14-. The molecule has 0 spiro atoms. The van der Waals surface area contributed by atoms with Gasteiger partial charge in [0.05, 0.1) is 28.7 Å². The van der Waals surface area contributed by atoms with Gasteiger partial charge in [0.25, 0.3) is 0 Å². The predicted molar refractivity (Wildman–Crippen MR) is 134 cm³/mol. The van der Waals surface area contributed by atoms with Crippen molar-refractivity contribution in [3.05, 3.63) is 94.4 Å². The van der Waals surface area contributed by atoms with E-state index >= 15 is 0 Å². The molecular formula is C23H22BCl2N6. The molecule has 2 heterocycles. The van der Waals surface area contributed by atoms with Gasteiger partial charge in [-0.1, -0.05) is 54.3 Å². The van der Waals surface area contributed by atoms with Gasteiger partial charge in [0.2, 0.25) is 7.41 Å². The van der Waals surface area contributed by atoms with Crippen LogP contribution in [0, 0.1) is 0 Å². The quantitative estimate of drug-likeness (QED) is 0.203. The van der Waals surface area contributed by atoms with Crippen LogP contribution in [0.5, 0.6) is 0 Å². The van der Waals surface area contributed by atoms with Gasteiger partial charge in [-0.05, 0) is 42.0 Å². The summed E-state index contributed by atoms with van der Waals surface area (Å²) in [7, 11) is 1.83. The summed E-state index contributed by atoms with van der Waals surface area (Å²) < 4.78 is 1.95. The number of nitrogens with one attached hydrogen (secondary N) is 1. The monoisotopic (exact) mass is 463 g/mol. The number of nitrogens with zero attached hydrogens (tertiary/aromatic N) is 3. The summed E-state index contributed by atoms with van der Waals surface area (Å²) in [5.74, 6) is 6.30. The van der Waals surface area contributed by atoms with Crippen LogP contribution in [0.15, 0.2) is 73.1 Å². The summed E-state index contributed by atoms with van der Waals surface area (Å²) in [5, 5.41) is 5.98. The Morgan fingerprint density at radius 2 is 1.94 bits per heavy atom. The first kappa shape index (κ1) is 22.1. The van der Waals surface area contributed by atoms with Crippen molar-refractivity contribution in [2.75, 3.05) is 5.23 Å². The number of hydrogen-bond acceptors (Lipinski definition) is 5. The summed E-state index contributed by atoms with van der Waals surface area (Å²) in [5.41, 5.74) is 12.1. The smallest absolute Gasteiger partial charge is 0.239 e. The predicted octanol–water partition coefficient (Wildman–Crippen LogP) is 5.02. The van der Waals surface area contributed by atoms with E-state index in [1.54, 1.807) is 11.2 Å². The SMILES string of the molecule is C[B]Nc1cc(CN(N)/C=C(\N)c2c(-c3ccc(Cl)cc3)nc3ccccn23)ccc1Cl. The molecule has 0 amide bonds. The second-order valence-electron chi connectivity index (χ2n) is 7.25. The van der Waals surface area contributed by atoms with E-state index in [0.29, 0.717) is 22.3 Å². The van der Waals surface area contributed by atoms with Crippen LogP contribution >= 0.6 is 23.2 Å². The lowest BCUT2D eigenvalue weighted by Gasteiger charge is -2.17. The lowest BCUT2D eigenvalue weighted by Crippen LogP contribution is -2.26. The molecule has 2 aromatic carbocycles. The van der Waals surface area contributed by atoms with Crippen molar-refractivity contribution in [2.24, 2.45) is 11.6 Å². The third kappa shape index (κ3) is 4.70. The normalized spacial score (nSPS) is 11.6. The van der Waals surface area contributed by atoms with Gasteiger partial charge in [0.15, 0.2) is 0 Å². The number of nitrogens with two attached hydrogens (primary N) is 2. The first-order chi connectivity index (χ1) is 15.5. The van der Waals surface area contributed by atoms with Crippen molar-refractivity contribution >= 4 is 47.6 Å². The summed E-state index contributed by atoms with van der Waals surface area (Å²) in [6.07, 6.45) is 3.64. The number of benzene rings is 2. The molecular weight excluding hydrogens is 442 g/mol. The zero-order chi connectivity index (χ0) is 22.7. The Balaban J connectivity index is 1.68. The number of pyridine rings is 1. The molecule has 161 valence electrons. The van der Waals surface area contributed by atoms with Crippen LogP contribution in [0.3, 0.4) is 0 Å². The number of imidazole rings is 1. The van der Waals surface area contributed by atoms with Crippen molar-refractivity contribution in [3.63, 3.8) is 0 Å². The van der Waals surface area contributed by atoms with Gasteiger partial charge < -0.3 is 16.0 Å². The molecule has 0 fully saturated rings. The molecule has 9 heteroatoms. The van der Waals surface area contributed by atoms with Crippen LogP contribution in [-0.4, -0.2) is 21.8 Å². The Morgan fingerprint density at radius 1 is 1.16 bits per heavy atom. The zero-order valence-corrected chi connectivity index (χ0v) is 19.0. The number of fused-ring (bicyclic) bond motifs is 1. The molecule has 0 saturated heterocycles. The third-order valence-electron chi connectivity index (χ3n) is 4.92. The molecule has 5 N–H and O–H groups in total. The van der Waals surface area contributed by atoms with Crippen LogP contribution in [0.2, 0.25) is 16.9 Å². The van der Waals surface area contributed by atoms with Crippen molar-refractivity contribution < 1.29 is 0 Å². The molecule has 1 radical (unpaired) electrons. The Labute approximate surface area is 197 Å². The minimum absolute atomic E-state index is 0.448. The Kier molecular flexibility index (Phi) is 6.60. The summed E-state index contributed by atoms with van der Waals surface area (Å²) in [4.78, 5) is 4.78. The number of hydrogen-bond donors (Lipinski definition) is 3. The molecule has 6 nitrogen and oxygen atoms in total. The Bertz CT molecular complexity index is 1270. The minimum atomic E-state index is 0.448. The van der Waals surface area contributed by atoms with Crippen molar-refractivity contribution in [1.82, 2.24) is 14.4 Å². The molecule has 0 atom stereocenters. The Morgan fingerprint density at radius 3 is 2.69 bits per heavy atom. The van der Waals surface area contributed by atoms with Crippen LogP contribution in [0.4, 0.5) is 5.69 Å². The largest absolute Gasteiger partial charge is 0.431 e. The molecule has 0 saturated carbocycles. The topological polar surface area (TPSA) is 84.6 Å². The van der Waals surface area contributed by atoms with E-state index in [4.69, 9.17) is 39.8 Å². The highest BCUT2D eigenvalue weighted by atomic mass is 35.5. The maximum atomic E-state index is 6.54. The van der Waals surface area contributed by atoms with E-state index in [9.17, 15) is 0 Å². The first-order valence-electron chi connectivity index (χ1n) is 10.0. The second kappa shape index (κ2) is 9.57. The molecule has 2 aromatic heterocycles. The average Bonchev–Trinajstić information content (AvgIpc) is 3.16. The lowest BCUT2D eigenvalue weighted by molar-refractivity contribution is 0.388. The molecule has 0 unspecified atom stereocenters. The fraction of sp³-hybridized carbons (Fsp3) is 0.0870. The highest BCUT2D eigenvalue weighted by Gasteiger charge is 2.16. The highest BCUT2D eigenvalue weighted by molar-refractivity contribution is 6.41. The van der Waals surface area contributed by atoms with Crippen molar-refractivity contribution in [3.8, 4) is 11.3 Å². The number of aromatic nitrogens is 2. The van der Waals surface area contributed by atoms with E-state index in [1.165, 1.54) is 0 Å².